The first-order valence-corrected chi connectivity index (χ1v) is 9.54. The van der Waals surface area contributed by atoms with E-state index in [0.29, 0.717) is 18.5 Å². The van der Waals surface area contributed by atoms with E-state index in [1.807, 2.05) is 42.5 Å². The minimum Gasteiger partial charge on any atom is -0.428 e. The molecule has 1 aromatic heterocycles. The summed E-state index contributed by atoms with van der Waals surface area (Å²) in [7, 11) is -0.845. The molecule has 2 aromatic rings. The fraction of sp³-hybridized carbons (Fsp3) is 0.190. The lowest BCUT2D eigenvalue weighted by Gasteiger charge is -2.21. The lowest BCUT2D eigenvalue weighted by molar-refractivity contribution is -0.118. The van der Waals surface area contributed by atoms with Gasteiger partial charge in [0.2, 0.25) is 5.91 Å². The van der Waals surface area contributed by atoms with Crippen LogP contribution in [0.1, 0.15) is 12.8 Å². The fourth-order valence-corrected chi connectivity index (χ4v) is 3.67. The number of fused-ring (bicyclic) bond motifs is 3. The molecule has 1 unspecified atom stereocenters. The molecule has 2 heterocycles. The minimum absolute atomic E-state index is 0.158. The summed E-state index contributed by atoms with van der Waals surface area (Å²) in [5.41, 5.74) is 9.45. The number of hydrazone groups is 1. The van der Waals surface area contributed by atoms with Gasteiger partial charge in [0.25, 0.3) is 0 Å². The molecule has 1 atom stereocenters. The van der Waals surface area contributed by atoms with Crippen LogP contribution in [0.2, 0.25) is 0 Å². The smallest absolute Gasteiger partial charge is 0.428 e. The lowest BCUT2D eigenvalue weighted by Crippen LogP contribution is -2.34. The van der Waals surface area contributed by atoms with E-state index in [0.717, 1.165) is 27.4 Å². The summed E-state index contributed by atoms with van der Waals surface area (Å²) in [6.45, 7) is 0.180. The topological polar surface area (TPSA) is 113 Å². The highest BCUT2D eigenvalue weighted by molar-refractivity contribution is 6.56. The van der Waals surface area contributed by atoms with Crippen molar-refractivity contribution in [1.29, 1.82) is 0 Å². The highest BCUT2D eigenvalue weighted by Crippen LogP contribution is 2.29. The molecule has 2 aliphatic rings. The molecule has 2 bridgehead atoms. The van der Waals surface area contributed by atoms with Crippen molar-refractivity contribution >= 4 is 35.6 Å². The maximum absolute atomic E-state index is 13.1. The van der Waals surface area contributed by atoms with Crippen LogP contribution in [0.4, 0.5) is 5.69 Å². The zero-order valence-corrected chi connectivity index (χ0v) is 15.9. The molecule has 8 heteroatoms. The average Bonchev–Trinajstić information content (AvgIpc) is 2.94. The SMILES string of the molecule is NCC(C(=O)Nc1ccc2cnccc2c1)C1=C2C/C=N\NB(O)C(=CC=C1)C2. The molecular formula is C21H22BN5O2. The molecule has 1 aliphatic carbocycles. The van der Waals surface area contributed by atoms with Gasteiger partial charge in [-0.3, -0.25) is 9.78 Å². The third-order valence-electron chi connectivity index (χ3n) is 5.22. The van der Waals surface area contributed by atoms with Crippen molar-refractivity contribution in [2.45, 2.75) is 12.8 Å². The van der Waals surface area contributed by atoms with Crippen LogP contribution in [0, 0.1) is 5.92 Å². The molecule has 0 spiro atoms. The van der Waals surface area contributed by atoms with Crippen LogP contribution in [-0.2, 0) is 4.79 Å². The normalized spacial score (nSPS) is 18.3. The fourth-order valence-electron chi connectivity index (χ4n) is 3.67. The number of anilines is 1. The summed E-state index contributed by atoms with van der Waals surface area (Å²) in [4.78, 5) is 17.2. The number of rotatable bonds is 4. The number of aromatic nitrogens is 1. The number of benzene rings is 1. The van der Waals surface area contributed by atoms with Gasteiger partial charge in [-0.2, -0.15) is 0 Å². The molecule has 0 fully saturated rings. The molecule has 0 saturated carbocycles. The molecule has 0 saturated heterocycles. The lowest BCUT2D eigenvalue weighted by atomic mass is 9.70. The number of nitrogens with zero attached hydrogens (tertiary/aromatic N) is 2. The van der Waals surface area contributed by atoms with Gasteiger partial charge in [-0.05, 0) is 41.1 Å². The Bertz CT molecular complexity index is 1060. The van der Waals surface area contributed by atoms with Gasteiger partial charge >= 0.3 is 7.05 Å². The van der Waals surface area contributed by atoms with E-state index < -0.39 is 13.0 Å². The van der Waals surface area contributed by atoms with Gasteiger partial charge in [0.1, 0.15) is 0 Å². The number of nitrogens with two attached hydrogens (primary N) is 1. The Morgan fingerprint density at radius 3 is 3.10 bits per heavy atom. The second-order valence-electron chi connectivity index (χ2n) is 7.10. The number of hydrogen-bond acceptors (Lipinski definition) is 6. The quantitative estimate of drug-likeness (QED) is 0.599. The van der Waals surface area contributed by atoms with E-state index >= 15 is 0 Å². The second-order valence-corrected chi connectivity index (χ2v) is 7.10. The molecule has 146 valence electrons. The van der Waals surface area contributed by atoms with Crippen molar-refractivity contribution in [2.75, 3.05) is 11.9 Å². The Kier molecular flexibility index (Phi) is 5.55. The Morgan fingerprint density at radius 1 is 1.34 bits per heavy atom. The minimum atomic E-state index is -0.845. The van der Waals surface area contributed by atoms with E-state index in [2.05, 4.69) is 20.7 Å². The summed E-state index contributed by atoms with van der Waals surface area (Å²) in [6, 6.07) is 7.62. The van der Waals surface area contributed by atoms with Gasteiger partial charge in [-0.15, -0.1) is 0 Å². The van der Waals surface area contributed by atoms with Crippen LogP contribution in [0.15, 0.2) is 76.6 Å². The predicted octanol–water partition coefficient (Wildman–Crippen LogP) is 1.93. The number of carbonyl (C=O) groups excluding carboxylic acids is 1. The molecule has 1 aromatic carbocycles. The maximum Gasteiger partial charge on any atom is 0.459 e. The van der Waals surface area contributed by atoms with Gasteiger partial charge in [-0.1, -0.05) is 29.9 Å². The highest BCUT2D eigenvalue weighted by atomic mass is 16.2. The molecular weight excluding hydrogens is 365 g/mol. The highest BCUT2D eigenvalue weighted by Gasteiger charge is 2.27. The first-order valence-electron chi connectivity index (χ1n) is 9.54. The summed E-state index contributed by atoms with van der Waals surface area (Å²) < 4.78 is 0. The van der Waals surface area contributed by atoms with Crippen LogP contribution in [-0.4, -0.2) is 35.7 Å². The number of nitrogens with one attached hydrogen (secondary N) is 2. The largest absolute Gasteiger partial charge is 0.459 e. The molecule has 7 nitrogen and oxygen atoms in total. The molecule has 1 amide bonds. The number of carbonyl (C=O) groups is 1. The first-order chi connectivity index (χ1) is 14.2. The maximum atomic E-state index is 13.1. The van der Waals surface area contributed by atoms with E-state index in [-0.39, 0.29) is 12.5 Å². The zero-order valence-electron chi connectivity index (χ0n) is 15.9. The standard InChI is InChI=1S/C21H22BN5O2/c23-12-20(19-3-1-2-17-10-15(19)7-9-25-27-22(17)29)21(28)26-18-5-4-16-13-24-8-6-14(16)11-18/h1-6,8-9,11,13,20,27,29H,7,10,12,23H2,(H,26,28)/b25-9-. The van der Waals surface area contributed by atoms with Crippen molar-refractivity contribution < 1.29 is 9.82 Å². The van der Waals surface area contributed by atoms with E-state index in [9.17, 15) is 9.82 Å². The van der Waals surface area contributed by atoms with Crippen molar-refractivity contribution in [3.8, 4) is 0 Å². The van der Waals surface area contributed by atoms with Crippen LogP contribution >= 0.6 is 0 Å². The summed E-state index contributed by atoms with van der Waals surface area (Å²) in [5, 5.41) is 21.9. The average molecular weight is 387 g/mol. The van der Waals surface area contributed by atoms with E-state index in [1.54, 1.807) is 18.6 Å². The Labute approximate surface area is 169 Å². The van der Waals surface area contributed by atoms with Crippen LogP contribution in [0.25, 0.3) is 10.8 Å². The van der Waals surface area contributed by atoms with Crippen LogP contribution < -0.4 is 16.4 Å². The third-order valence-corrected chi connectivity index (χ3v) is 5.22. The van der Waals surface area contributed by atoms with Gasteiger partial charge in [0.15, 0.2) is 0 Å². The van der Waals surface area contributed by atoms with Gasteiger partial charge < -0.3 is 21.4 Å². The third kappa shape index (κ3) is 4.13. The monoisotopic (exact) mass is 387 g/mol. The van der Waals surface area contributed by atoms with Crippen LogP contribution in [0.5, 0.6) is 0 Å². The Balaban J connectivity index is 1.61. The molecule has 29 heavy (non-hydrogen) atoms. The Morgan fingerprint density at radius 2 is 2.24 bits per heavy atom. The van der Waals surface area contributed by atoms with E-state index in [4.69, 9.17) is 5.73 Å². The molecule has 1 aliphatic heterocycles. The van der Waals surface area contributed by atoms with Gasteiger partial charge in [0, 0.05) is 42.6 Å². The molecule has 4 rings (SSSR count). The van der Waals surface area contributed by atoms with Crippen molar-refractivity contribution in [3.05, 3.63) is 71.5 Å². The van der Waals surface area contributed by atoms with Crippen molar-refractivity contribution in [3.63, 3.8) is 0 Å². The second kappa shape index (κ2) is 8.42. The van der Waals surface area contributed by atoms with Crippen molar-refractivity contribution in [1.82, 2.24) is 10.3 Å². The summed E-state index contributed by atoms with van der Waals surface area (Å²) >= 11 is 0. The Hall–Kier alpha value is -3.23. The summed E-state index contributed by atoms with van der Waals surface area (Å²) in [5.74, 6) is -0.658. The first kappa shape index (κ1) is 19.1. The number of amides is 1. The number of hydrogen-bond donors (Lipinski definition) is 4. The number of pyridine rings is 1. The van der Waals surface area contributed by atoms with Gasteiger partial charge in [0.05, 0.1) is 5.92 Å². The predicted molar refractivity (Wildman–Crippen MR) is 116 cm³/mol. The molecule has 0 radical (unpaired) electrons. The van der Waals surface area contributed by atoms with E-state index in [1.165, 1.54) is 0 Å². The summed E-state index contributed by atoms with van der Waals surface area (Å²) in [6.07, 6.45) is 12.0. The van der Waals surface area contributed by atoms with Crippen LogP contribution in [0.3, 0.4) is 0 Å². The number of allylic oxidation sites excluding steroid dienone is 5. The zero-order chi connectivity index (χ0) is 20.2. The van der Waals surface area contributed by atoms with Gasteiger partial charge in [-0.25, -0.2) is 5.10 Å². The van der Waals surface area contributed by atoms with Crippen molar-refractivity contribution in [2.24, 2.45) is 16.8 Å². The molecule has 5 N–H and O–H groups in total.